The Kier molecular flexibility index (Phi) is 5.54. The lowest BCUT2D eigenvalue weighted by molar-refractivity contribution is -0.384. The maximum absolute atomic E-state index is 12.8. The van der Waals surface area contributed by atoms with E-state index in [9.17, 15) is 24.5 Å². The Hall–Kier alpha value is -3.81. The van der Waals surface area contributed by atoms with Gasteiger partial charge >= 0.3 is 11.6 Å². The molecule has 1 aromatic heterocycles. The van der Waals surface area contributed by atoms with Crippen LogP contribution in [0.5, 0.6) is 5.75 Å². The zero-order valence-electron chi connectivity index (χ0n) is 15.7. The molecular weight excluding hydrogens is 378 g/mol. The fourth-order valence-corrected chi connectivity index (χ4v) is 3.22. The predicted molar refractivity (Wildman–Crippen MR) is 104 cm³/mol. The zero-order chi connectivity index (χ0) is 21.1. The van der Waals surface area contributed by atoms with E-state index < -0.39 is 22.4 Å². The topological polar surface area (TPSA) is 117 Å². The number of ketones is 1. The molecule has 8 heteroatoms. The summed E-state index contributed by atoms with van der Waals surface area (Å²) in [6, 6.07) is 12.2. The average Bonchev–Trinajstić information content (AvgIpc) is 2.66. The molecule has 3 rings (SSSR count). The van der Waals surface area contributed by atoms with Crippen LogP contribution in [0.3, 0.4) is 0 Å². The number of hydrogen-bond acceptors (Lipinski definition) is 7. The number of carbonyl (C=O) groups excluding carboxylic acids is 2. The number of rotatable bonds is 6. The van der Waals surface area contributed by atoms with Gasteiger partial charge in [-0.05, 0) is 24.6 Å². The first kappa shape index (κ1) is 19.9. The summed E-state index contributed by atoms with van der Waals surface area (Å²) in [4.78, 5) is 47.1. The fourth-order valence-electron chi connectivity index (χ4n) is 3.22. The minimum Gasteiger partial charge on any atom is -0.425 e. The Bertz CT molecular complexity index is 1180. The van der Waals surface area contributed by atoms with Gasteiger partial charge in [0.2, 0.25) is 0 Å². The van der Waals surface area contributed by atoms with E-state index in [0.29, 0.717) is 10.9 Å². The van der Waals surface area contributed by atoms with Gasteiger partial charge in [-0.2, -0.15) is 0 Å². The third kappa shape index (κ3) is 4.21. The monoisotopic (exact) mass is 395 g/mol. The van der Waals surface area contributed by atoms with Gasteiger partial charge in [-0.25, -0.2) is 4.79 Å². The van der Waals surface area contributed by atoms with Crippen LogP contribution in [-0.4, -0.2) is 16.7 Å². The van der Waals surface area contributed by atoms with Gasteiger partial charge in [0.05, 0.1) is 15.9 Å². The van der Waals surface area contributed by atoms with E-state index in [1.165, 1.54) is 32.0 Å². The number of nitro groups is 1. The second-order valence-electron chi connectivity index (χ2n) is 6.53. The Labute approximate surface area is 164 Å². The lowest BCUT2D eigenvalue weighted by atomic mass is 9.86. The van der Waals surface area contributed by atoms with Crippen molar-refractivity contribution in [1.82, 2.24) is 0 Å². The molecule has 29 heavy (non-hydrogen) atoms. The molecule has 1 atom stereocenters. The minimum absolute atomic E-state index is 0.0119. The summed E-state index contributed by atoms with van der Waals surface area (Å²) in [6.45, 7) is 2.54. The van der Waals surface area contributed by atoms with Crippen molar-refractivity contribution in [3.05, 3.63) is 80.2 Å². The molecule has 0 N–H and O–H groups in total. The lowest BCUT2D eigenvalue weighted by Gasteiger charge is -2.19. The number of benzene rings is 2. The summed E-state index contributed by atoms with van der Waals surface area (Å²) >= 11 is 0. The van der Waals surface area contributed by atoms with Crippen molar-refractivity contribution in [2.24, 2.45) is 0 Å². The molecule has 0 spiro atoms. The van der Waals surface area contributed by atoms with Gasteiger partial charge in [0.15, 0.2) is 5.75 Å². The van der Waals surface area contributed by atoms with Gasteiger partial charge in [-0.3, -0.25) is 19.7 Å². The van der Waals surface area contributed by atoms with E-state index in [2.05, 4.69) is 0 Å². The van der Waals surface area contributed by atoms with Crippen molar-refractivity contribution in [3.8, 4) is 5.75 Å². The van der Waals surface area contributed by atoms with E-state index in [1.54, 1.807) is 30.3 Å². The number of hydrogen-bond donors (Lipinski definition) is 0. The van der Waals surface area contributed by atoms with Gasteiger partial charge in [-0.15, -0.1) is 0 Å². The van der Waals surface area contributed by atoms with Crippen molar-refractivity contribution in [2.75, 3.05) is 0 Å². The highest BCUT2D eigenvalue weighted by Gasteiger charge is 2.28. The van der Waals surface area contributed by atoms with Crippen LogP contribution in [0, 0.1) is 10.1 Å². The Balaban J connectivity index is 2.33. The Morgan fingerprint density at radius 3 is 2.52 bits per heavy atom. The number of carbonyl (C=O) groups is 2. The number of nitrogens with zero attached hydrogens (tertiary/aromatic N) is 1. The summed E-state index contributed by atoms with van der Waals surface area (Å²) in [5, 5.41) is 11.6. The molecule has 148 valence electrons. The van der Waals surface area contributed by atoms with Crippen LogP contribution in [0.2, 0.25) is 0 Å². The van der Waals surface area contributed by atoms with Crippen molar-refractivity contribution in [2.45, 2.75) is 26.2 Å². The standard InChI is InChI=1S/C21H17NO7/c1-12(23)10-17(14-6-5-7-15(11-14)22(26)27)19-20(28-13(2)24)16-8-3-4-9-18(16)29-21(19)25/h3-9,11,17H,10H2,1-2H3/t17-/m1/s1. The highest BCUT2D eigenvalue weighted by atomic mass is 16.6. The number of non-ortho nitro benzene ring substituents is 1. The van der Waals surface area contributed by atoms with Gasteiger partial charge in [0.25, 0.3) is 5.69 Å². The van der Waals surface area contributed by atoms with E-state index in [1.807, 2.05) is 0 Å². The second kappa shape index (κ2) is 8.05. The second-order valence-corrected chi connectivity index (χ2v) is 6.53. The molecule has 0 unspecified atom stereocenters. The van der Waals surface area contributed by atoms with E-state index in [4.69, 9.17) is 9.15 Å². The lowest BCUT2D eigenvalue weighted by Crippen LogP contribution is -2.19. The van der Waals surface area contributed by atoms with Gasteiger partial charge in [-0.1, -0.05) is 24.3 Å². The normalized spacial score (nSPS) is 11.8. The first-order valence-electron chi connectivity index (χ1n) is 8.76. The van der Waals surface area contributed by atoms with Crippen LogP contribution in [0.25, 0.3) is 11.0 Å². The number of nitro benzene ring substituents is 1. The summed E-state index contributed by atoms with van der Waals surface area (Å²) in [7, 11) is 0. The number of ether oxygens (including phenoxy) is 1. The summed E-state index contributed by atoms with van der Waals surface area (Å²) in [6.07, 6.45) is -0.126. The third-order valence-electron chi connectivity index (χ3n) is 4.37. The van der Waals surface area contributed by atoms with Crippen molar-refractivity contribution in [1.29, 1.82) is 0 Å². The maximum Gasteiger partial charge on any atom is 0.343 e. The molecule has 0 bridgehead atoms. The van der Waals surface area contributed by atoms with Crippen LogP contribution in [0.15, 0.2) is 57.7 Å². The van der Waals surface area contributed by atoms with Crippen molar-refractivity contribution < 1.29 is 23.7 Å². The summed E-state index contributed by atoms with van der Waals surface area (Å²) in [5.41, 5.74) is -0.411. The highest BCUT2D eigenvalue weighted by Crippen LogP contribution is 2.38. The molecule has 8 nitrogen and oxygen atoms in total. The molecule has 0 saturated carbocycles. The molecule has 0 saturated heterocycles. The number of fused-ring (bicyclic) bond motifs is 1. The number of Topliss-reactive ketones (excluding diaryl/α,β-unsaturated/α-hetero) is 1. The molecule has 0 aliphatic heterocycles. The van der Waals surface area contributed by atoms with Crippen LogP contribution in [0.1, 0.15) is 37.3 Å². The molecule has 0 aliphatic rings. The molecule has 0 radical (unpaired) electrons. The molecular formula is C21H17NO7. The molecule has 2 aromatic carbocycles. The van der Waals surface area contributed by atoms with Crippen LogP contribution in [-0.2, 0) is 9.59 Å². The van der Waals surface area contributed by atoms with Crippen molar-refractivity contribution >= 4 is 28.4 Å². The smallest absolute Gasteiger partial charge is 0.343 e. The van der Waals surface area contributed by atoms with E-state index in [-0.39, 0.29) is 34.8 Å². The largest absolute Gasteiger partial charge is 0.425 e. The predicted octanol–water partition coefficient (Wildman–Crippen LogP) is 3.74. The zero-order valence-corrected chi connectivity index (χ0v) is 15.7. The quantitative estimate of drug-likeness (QED) is 0.270. The van der Waals surface area contributed by atoms with E-state index in [0.717, 1.165) is 0 Å². The summed E-state index contributed by atoms with van der Waals surface area (Å²) < 4.78 is 10.7. The van der Waals surface area contributed by atoms with Crippen LogP contribution < -0.4 is 10.4 Å². The fraction of sp³-hybridized carbons (Fsp3) is 0.190. The molecule has 0 aliphatic carbocycles. The van der Waals surface area contributed by atoms with Crippen molar-refractivity contribution in [3.63, 3.8) is 0 Å². The average molecular weight is 395 g/mol. The molecule has 1 heterocycles. The van der Waals surface area contributed by atoms with Crippen LogP contribution >= 0.6 is 0 Å². The Morgan fingerprint density at radius 2 is 1.86 bits per heavy atom. The number of para-hydroxylation sites is 1. The third-order valence-corrected chi connectivity index (χ3v) is 4.37. The van der Waals surface area contributed by atoms with Gasteiger partial charge in [0.1, 0.15) is 11.4 Å². The Morgan fingerprint density at radius 1 is 1.14 bits per heavy atom. The van der Waals surface area contributed by atoms with E-state index >= 15 is 0 Å². The van der Waals surface area contributed by atoms with Gasteiger partial charge in [0, 0.05) is 31.4 Å². The summed E-state index contributed by atoms with van der Waals surface area (Å²) in [5.74, 6) is -1.80. The minimum atomic E-state index is -0.886. The molecule has 3 aromatic rings. The molecule has 0 fully saturated rings. The first-order chi connectivity index (χ1) is 13.8. The first-order valence-corrected chi connectivity index (χ1v) is 8.76. The van der Waals surface area contributed by atoms with Crippen LogP contribution in [0.4, 0.5) is 5.69 Å². The maximum atomic E-state index is 12.8. The highest BCUT2D eigenvalue weighted by molar-refractivity contribution is 5.88. The van der Waals surface area contributed by atoms with Gasteiger partial charge < -0.3 is 9.15 Å². The number of esters is 1. The SMILES string of the molecule is CC(=O)C[C@H](c1cccc([N+](=O)[O-])c1)c1c(OC(C)=O)c2ccccc2oc1=O. The molecule has 0 amide bonds.